The van der Waals surface area contributed by atoms with Gasteiger partial charge in [0.1, 0.15) is 0 Å². The van der Waals surface area contributed by atoms with Crippen LogP contribution >= 0.6 is 11.3 Å². The molecule has 0 saturated heterocycles. The lowest BCUT2D eigenvalue weighted by Gasteiger charge is -2.06. The Morgan fingerprint density at radius 3 is 2.78 bits per heavy atom. The SMILES string of the molecule is CCC(=O)c1ccc2c(c1)nc(-c1cccs1)n2CCC(=O)O. The lowest BCUT2D eigenvalue weighted by Crippen LogP contribution is -2.05. The summed E-state index contributed by atoms with van der Waals surface area (Å²) in [4.78, 5) is 28.4. The normalized spacial score (nSPS) is 11.0. The average molecular weight is 328 g/mol. The number of carboxylic acids is 1. The number of hydrogen-bond donors (Lipinski definition) is 1. The first-order chi connectivity index (χ1) is 11.1. The molecule has 1 N–H and O–H groups in total. The highest BCUT2D eigenvalue weighted by atomic mass is 32.1. The number of carbonyl (C=O) groups excluding carboxylic acids is 1. The summed E-state index contributed by atoms with van der Waals surface area (Å²) in [5.41, 5.74) is 2.21. The van der Waals surface area contributed by atoms with Crippen LogP contribution in [0.25, 0.3) is 21.7 Å². The van der Waals surface area contributed by atoms with E-state index in [4.69, 9.17) is 5.11 Å². The Morgan fingerprint density at radius 1 is 1.30 bits per heavy atom. The van der Waals surface area contributed by atoms with Gasteiger partial charge in [-0.1, -0.05) is 13.0 Å². The van der Waals surface area contributed by atoms with E-state index in [2.05, 4.69) is 4.98 Å². The summed E-state index contributed by atoms with van der Waals surface area (Å²) in [7, 11) is 0. The monoisotopic (exact) mass is 328 g/mol. The number of rotatable bonds is 6. The second kappa shape index (κ2) is 6.34. The van der Waals surface area contributed by atoms with Crippen molar-refractivity contribution in [1.29, 1.82) is 0 Å². The predicted octanol–water partition coefficient (Wildman–Crippen LogP) is 3.83. The van der Waals surface area contributed by atoms with Crippen molar-refractivity contribution in [3.8, 4) is 10.7 Å². The number of aryl methyl sites for hydroxylation is 1. The fourth-order valence-corrected chi connectivity index (χ4v) is 3.26. The van der Waals surface area contributed by atoms with Gasteiger partial charge >= 0.3 is 5.97 Å². The van der Waals surface area contributed by atoms with Gasteiger partial charge in [-0.3, -0.25) is 9.59 Å². The highest BCUT2D eigenvalue weighted by Gasteiger charge is 2.15. The average Bonchev–Trinajstić information content (AvgIpc) is 3.18. The van der Waals surface area contributed by atoms with E-state index in [1.165, 1.54) is 0 Å². The van der Waals surface area contributed by atoms with Crippen molar-refractivity contribution in [1.82, 2.24) is 9.55 Å². The number of nitrogens with zero attached hydrogens (tertiary/aromatic N) is 2. The number of Topliss-reactive ketones (excluding diaryl/α,β-unsaturated/α-hetero) is 1. The van der Waals surface area contributed by atoms with Crippen LogP contribution in [-0.2, 0) is 11.3 Å². The Hall–Kier alpha value is -2.47. The minimum Gasteiger partial charge on any atom is -0.481 e. The number of benzene rings is 1. The summed E-state index contributed by atoms with van der Waals surface area (Å²) in [5.74, 6) is -0.0243. The summed E-state index contributed by atoms with van der Waals surface area (Å²) in [6.45, 7) is 2.18. The molecule has 2 heterocycles. The van der Waals surface area contributed by atoms with Gasteiger partial charge in [-0.2, -0.15) is 0 Å². The van der Waals surface area contributed by atoms with Crippen molar-refractivity contribution in [3.63, 3.8) is 0 Å². The maximum absolute atomic E-state index is 11.9. The minimum absolute atomic E-state index is 0.0273. The van der Waals surface area contributed by atoms with Crippen molar-refractivity contribution < 1.29 is 14.7 Å². The quantitative estimate of drug-likeness (QED) is 0.698. The third kappa shape index (κ3) is 3.03. The molecule has 0 radical (unpaired) electrons. The Kier molecular flexibility index (Phi) is 4.25. The number of aliphatic carboxylic acids is 1. The lowest BCUT2D eigenvalue weighted by atomic mass is 10.1. The molecule has 0 aliphatic heterocycles. The van der Waals surface area contributed by atoms with Gasteiger partial charge in [-0.25, -0.2) is 4.98 Å². The molecule has 0 saturated carbocycles. The van der Waals surface area contributed by atoms with E-state index in [0.29, 0.717) is 18.5 Å². The molecule has 2 aromatic heterocycles. The van der Waals surface area contributed by atoms with Gasteiger partial charge in [-0.05, 0) is 29.6 Å². The highest BCUT2D eigenvalue weighted by molar-refractivity contribution is 7.13. The molecule has 0 aliphatic carbocycles. The van der Waals surface area contributed by atoms with E-state index < -0.39 is 5.97 Å². The van der Waals surface area contributed by atoms with Crippen LogP contribution in [0.2, 0.25) is 0 Å². The third-order valence-electron chi connectivity index (χ3n) is 3.68. The number of carbonyl (C=O) groups is 2. The summed E-state index contributed by atoms with van der Waals surface area (Å²) in [6.07, 6.45) is 0.475. The van der Waals surface area contributed by atoms with Crippen molar-refractivity contribution >= 4 is 34.1 Å². The van der Waals surface area contributed by atoms with Crippen molar-refractivity contribution in [2.75, 3.05) is 0 Å². The van der Waals surface area contributed by atoms with Gasteiger partial charge in [0.25, 0.3) is 0 Å². The summed E-state index contributed by atoms with van der Waals surface area (Å²) < 4.78 is 1.91. The smallest absolute Gasteiger partial charge is 0.305 e. The number of imidazole rings is 1. The minimum atomic E-state index is -0.846. The number of carboxylic acid groups (broad SMARTS) is 1. The van der Waals surface area contributed by atoms with E-state index in [0.717, 1.165) is 21.7 Å². The van der Waals surface area contributed by atoms with Crippen LogP contribution in [-0.4, -0.2) is 26.4 Å². The Morgan fingerprint density at radius 2 is 2.13 bits per heavy atom. The molecule has 5 nitrogen and oxygen atoms in total. The Labute approximate surface area is 137 Å². The third-order valence-corrected chi connectivity index (χ3v) is 4.55. The zero-order valence-corrected chi connectivity index (χ0v) is 13.5. The number of ketones is 1. The molecule has 0 atom stereocenters. The van der Waals surface area contributed by atoms with Gasteiger partial charge in [0.2, 0.25) is 0 Å². The molecule has 6 heteroatoms. The standard InChI is InChI=1S/C17H16N2O3S/c1-2-14(20)11-5-6-13-12(10-11)18-17(15-4-3-9-23-15)19(13)8-7-16(21)22/h3-6,9-10H,2,7-8H2,1H3,(H,21,22). The molecule has 0 bridgehead atoms. The number of hydrogen-bond acceptors (Lipinski definition) is 4. The van der Waals surface area contributed by atoms with Crippen LogP contribution < -0.4 is 0 Å². The maximum Gasteiger partial charge on any atom is 0.305 e. The van der Waals surface area contributed by atoms with Crippen molar-refractivity contribution in [3.05, 3.63) is 41.3 Å². The van der Waals surface area contributed by atoms with Crippen molar-refractivity contribution in [2.24, 2.45) is 0 Å². The van der Waals surface area contributed by atoms with Gasteiger partial charge in [-0.15, -0.1) is 11.3 Å². The van der Waals surface area contributed by atoms with Gasteiger partial charge in [0, 0.05) is 18.5 Å². The lowest BCUT2D eigenvalue weighted by molar-refractivity contribution is -0.137. The molecule has 118 valence electrons. The molecule has 0 fully saturated rings. The molecule has 0 aliphatic rings. The van der Waals surface area contributed by atoms with Gasteiger partial charge in [0.15, 0.2) is 11.6 Å². The van der Waals surface area contributed by atoms with Crippen molar-refractivity contribution in [2.45, 2.75) is 26.3 Å². The fourth-order valence-electron chi connectivity index (χ4n) is 2.54. The summed E-state index contributed by atoms with van der Waals surface area (Å²) in [5, 5.41) is 10.9. The van der Waals surface area contributed by atoms with Gasteiger partial charge < -0.3 is 9.67 Å². The van der Waals surface area contributed by atoms with Crippen LogP contribution in [0.1, 0.15) is 30.1 Å². The van der Waals surface area contributed by atoms with E-state index in [1.807, 2.05) is 35.1 Å². The van der Waals surface area contributed by atoms with Gasteiger partial charge in [0.05, 0.1) is 22.3 Å². The molecule has 23 heavy (non-hydrogen) atoms. The van der Waals surface area contributed by atoms with Crippen LogP contribution in [0.15, 0.2) is 35.7 Å². The molecule has 1 aromatic carbocycles. The largest absolute Gasteiger partial charge is 0.481 e. The first-order valence-electron chi connectivity index (χ1n) is 7.39. The van der Waals surface area contributed by atoms with Crippen LogP contribution in [0.3, 0.4) is 0 Å². The second-order valence-electron chi connectivity index (χ2n) is 5.19. The molecule has 0 amide bonds. The van der Waals surface area contributed by atoms with E-state index in [1.54, 1.807) is 23.5 Å². The maximum atomic E-state index is 11.9. The summed E-state index contributed by atoms with van der Waals surface area (Å²) >= 11 is 1.56. The molecule has 3 rings (SSSR count). The Balaban J connectivity index is 2.13. The number of aromatic nitrogens is 2. The Bertz CT molecular complexity index is 865. The van der Waals surface area contributed by atoms with E-state index in [9.17, 15) is 9.59 Å². The molecular weight excluding hydrogens is 312 g/mol. The summed E-state index contributed by atoms with van der Waals surface area (Å²) in [6, 6.07) is 9.32. The second-order valence-corrected chi connectivity index (χ2v) is 6.14. The fraction of sp³-hybridized carbons (Fsp3) is 0.235. The molecule has 0 unspecified atom stereocenters. The first-order valence-corrected chi connectivity index (χ1v) is 8.27. The van der Waals surface area contributed by atoms with Crippen LogP contribution in [0.5, 0.6) is 0 Å². The number of thiophene rings is 1. The van der Waals surface area contributed by atoms with E-state index >= 15 is 0 Å². The zero-order chi connectivity index (χ0) is 16.4. The zero-order valence-electron chi connectivity index (χ0n) is 12.7. The van der Waals surface area contributed by atoms with E-state index in [-0.39, 0.29) is 12.2 Å². The molecular formula is C17H16N2O3S. The predicted molar refractivity (Wildman–Crippen MR) is 89.9 cm³/mol. The molecule has 3 aromatic rings. The highest BCUT2D eigenvalue weighted by Crippen LogP contribution is 2.29. The first kappa shape index (κ1) is 15.4. The topological polar surface area (TPSA) is 72.2 Å². The number of fused-ring (bicyclic) bond motifs is 1. The molecule has 0 spiro atoms. The van der Waals surface area contributed by atoms with Crippen LogP contribution in [0.4, 0.5) is 0 Å². The van der Waals surface area contributed by atoms with Crippen LogP contribution in [0, 0.1) is 0 Å².